The number of nitrogens with zero attached hydrogens (tertiary/aromatic N) is 1. The largest absolute Gasteiger partial charge is 0.454 e. The number of rotatable bonds is 10. The van der Waals surface area contributed by atoms with E-state index in [0.717, 1.165) is 48.6 Å². The Balaban J connectivity index is 1.19. The van der Waals surface area contributed by atoms with E-state index in [1.165, 1.54) is 11.1 Å². The van der Waals surface area contributed by atoms with Crippen molar-refractivity contribution in [2.75, 3.05) is 19.9 Å². The van der Waals surface area contributed by atoms with Crippen LogP contribution in [0.2, 0.25) is 5.02 Å². The standard InChI is InChI=1S/C31H36ClN3O3/c1-21(2)25-9-6-23(7-10-25)17-34-27-16-28(35(19-27)18-24-4-3-5-26(32)14-24)31(36)33-13-12-22-8-11-29-30(15-22)38-20-37-29/h3-11,14-15,21,27-28,34H,12-13,16-20H2,1-2H3,(H,33,36)/t27-,28-/m0/s1. The van der Waals surface area contributed by atoms with Crippen molar-refractivity contribution in [3.05, 3.63) is 94.0 Å². The fraction of sp³-hybridized carbons (Fsp3) is 0.387. The molecule has 200 valence electrons. The summed E-state index contributed by atoms with van der Waals surface area (Å²) in [5.41, 5.74) is 4.83. The Kier molecular flexibility index (Phi) is 8.52. The summed E-state index contributed by atoms with van der Waals surface area (Å²) >= 11 is 6.24. The Morgan fingerprint density at radius 3 is 2.58 bits per heavy atom. The van der Waals surface area contributed by atoms with Crippen LogP contribution in [0.5, 0.6) is 11.5 Å². The normalized spacial score (nSPS) is 18.7. The highest BCUT2D eigenvalue weighted by atomic mass is 35.5. The second kappa shape index (κ2) is 12.2. The molecule has 2 N–H and O–H groups in total. The summed E-state index contributed by atoms with van der Waals surface area (Å²) in [6.45, 7) is 7.52. The van der Waals surface area contributed by atoms with E-state index in [-0.39, 0.29) is 24.8 Å². The van der Waals surface area contributed by atoms with Gasteiger partial charge in [0.05, 0.1) is 6.04 Å². The maximum atomic E-state index is 13.4. The van der Waals surface area contributed by atoms with Gasteiger partial charge in [0.2, 0.25) is 12.7 Å². The van der Waals surface area contributed by atoms with E-state index >= 15 is 0 Å². The maximum absolute atomic E-state index is 13.4. The van der Waals surface area contributed by atoms with Crippen LogP contribution in [0.1, 0.15) is 48.4 Å². The number of benzene rings is 3. The SMILES string of the molecule is CC(C)c1ccc(CN[C@H]2C[C@@H](C(=O)NCCc3ccc4c(c3)OCO4)N(Cc3cccc(Cl)c3)C2)cc1. The van der Waals surface area contributed by atoms with Gasteiger partial charge in [-0.2, -0.15) is 0 Å². The van der Waals surface area contributed by atoms with E-state index in [2.05, 4.69) is 59.7 Å². The average molecular weight is 534 g/mol. The molecule has 3 aromatic rings. The van der Waals surface area contributed by atoms with Gasteiger partial charge < -0.3 is 20.1 Å². The number of halogens is 1. The van der Waals surface area contributed by atoms with Crippen LogP contribution in [-0.2, 0) is 24.3 Å². The number of nitrogens with one attached hydrogen (secondary N) is 2. The lowest BCUT2D eigenvalue weighted by molar-refractivity contribution is -0.125. The zero-order valence-corrected chi connectivity index (χ0v) is 22.8. The Morgan fingerprint density at radius 2 is 1.79 bits per heavy atom. The smallest absolute Gasteiger partial charge is 0.237 e. The third-order valence-corrected chi connectivity index (χ3v) is 7.61. The fourth-order valence-corrected chi connectivity index (χ4v) is 5.41. The van der Waals surface area contributed by atoms with Crippen molar-refractivity contribution in [1.82, 2.24) is 15.5 Å². The lowest BCUT2D eigenvalue weighted by Gasteiger charge is -2.23. The molecule has 2 aliphatic rings. The van der Waals surface area contributed by atoms with Gasteiger partial charge in [0, 0.05) is 37.2 Å². The summed E-state index contributed by atoms with van der Waals surface area (Å²) in [6.07, 6.45) is 1.50. The van der Waals surface area contributed by atoms with E-state index in [1.54, 1.807) is 0 Å². The minimum Gasteiger partial charge on any atom is -0.454 e. The summed E-state index contributed by atoms with van der Waals surface area (Å²) in [5.74, 6) is 2.13. The number of likely N-dealkylation sites (tertiary alicyclic amines) is 1. The molecule has 0 saturated carbocycles. The van der Waals surface area contributed by atoms with Crippen LogP contribution in [0.4, 0.5) is 0 Å². The quantitative estimate of drug-likeness (QED) is 0.371. The van der Waals surface area contributed by atoms with Crippen molar-refractivity contribution >= 4 is 17.5 Å². The molecule has 0 bridgehead atoms. The molecule has 1 saturated heterocycles. The molecular formula is C31H36ClN3O3. The van der Waals surface area contributed by atoms with Gasteiger partial charge in [0.15, 0.2) is 11.5 Å². The van der Waals surface area contributed by atoms with Crippen LogP contribution in [0.3, 0.4) is 0 Å². The van der Waals surface area contributed by atoms with Crippen molar-refractivity contribution in [3.8, 4) is 11.5 Å². The minimum atomic E-state index is -0.202. The first-order valence-electron chi connectivity index (χ1n) is 13.4. The van der Waals surface area contributed by atoms with E-state index in [1.807, 2.05) is 36.4 Å². The van der Waals surface area contributed by atoms with Gasteiger partial charge in [-0.15, -0.1) is 0 Å². The van der Waals surface area contributed by atoms with Gasteiger partial charge in [-0.05, 0) is 65.3 Å². The highest BCUT2D eigenvalue weighted by Gasteiger charge is 2.36. The monoisotopic (exact) mass is 533 g/mol. The van der Waals surface area contributed by atoms with Crippen LogP contribution in [0.25, 0.3) is 0 Å². The summed E-state index contributed by atoms with van der Waals surface area (Å²) in [6, 6.07) is 22.7. The van der Waals surface area contributed by atoms with Crippen molar-refractivity contribution in [3.63, 3.8) is 0 Å². The molecule has 5 rings (SSSR count). The second-order valence-electron chi connectivity index (χ2n) is 10.5. The Morgan fingerprint density at radius 1 is 1.00 bits per heavy atom. The summed E-state index contributed by atoms with van der Waals surface area (Å²) in [5, 5.41) is 7.58. The summed E-state index contributed by atoms with van der Waals surface area (Å²) in [4.78, 5) is 15.6. The molecule has 1 fully saturated rings. The first kappa shape index (κ1) is 26.5. The van der Waals surface area contributed by atoms with Crippen molar-refractivity contribution < 1.29 is 14.3 Å². The average Bonchev–Trinajstić information content (AvgIpc) is 3.54. The molecule has 0 aromatic heterocycles. The van der Waals surface area contributed by atoms with Crippen LogP contribution >= 0.6 is 11.6 Å². The van der Waals surface area contributed by atoms with E-state index < -0.39 is 0 Å². The minimum absolute atomic E-state index is 0.0679. The van der Waals surface area contributed by atoms with Crippen molar-refractivity contribution in [1.29, 1.82) is 0 Å². The molecule has 3 aromatic carbocycles. The fourth-order valence-electron chi connectivity index (χ4n) is 5.20. The van der Waals surface area contributed by atoms with Gasteiger partial charge >= 0.3 is 0 Å². The third kappa shape index (κ3) is 6.68. The van der Waals surface area contributed by atoms with Crippen LogP contribution in [0.15, 0.2) is 66.7 Å². The highest BCUT2D eigenvalue weighted by Crippen LogP contribution is 2.32. The van der Waals surface area contributed by atoms with Crippen LogP contribution in [0, 0.1) is 0 Å². The van der Waals surface area contributed by atoms with Crippen LogP contribution in [-0.4, -0.2) is 42.8 Å². The summed E-state index contributed by atoms with van der Waals surface area (Å²) in [7, 11) is 0. The molecule has 7 heteroatoms. The number of ether oxygens (including phenoxy) is 2. The van der Waals surface area contributed by atoms with Gasteiger partial charge in [-0.1, -0.05) is 67.9 Å². The Labute approximate surface area is 230 Å². The van der Waals surface area contributed by atoms with Crippen LogP contribution < -0.4 is 20.1 Å². The molecule has 2 heterocycles. The highest BCUT2D eigenvalue weighted by molar-refractivity contribution is 6.30. The first-order chi connectivity index (χ1) is 18.4. The second-order valence-corrected chi connectivity index (χ2v) is 11.0. The molecule has 38 heavy (non-hydrogen) atoms. The molecule has 2 aliphatic heterocycles. The molecule has 0 spiro atoms. The predicted octanol–water partition coefficient (Wildman–Crippen LogP) is 5.28. The van der Waals surface area contributed by atoms with Crippen molar-refractivity contribution in [2.24, 2.45) is 0 Å². The Bertz CT molecular complexity index is 1250. The Hall–Kier alpha value is -3.06. The lowest BCUT2D eigenvalue weighted by Crippen LogP contribution is -2.43. The van der Waals surface area contributed by atoms with E-state index in [9.17, 15) is 4.79 Å². The molecule has 6 nitrogen and oxygen atoms in total. The van der Waals surface area contributed by atoms with Crippen molar-refractivity contribution in [2.45, 2.75) is 57.8 Å². The zero-order valence-electron chi connectivity index (χ0n) is 22.1. The number of carbonyl (C=O) groups excluding carboxylic acids is 1. The topological polar surface area (TPSA) is 62.8 Å². The number of amides is 1. The molecule has 1 amide bonds. The molecule has 0 aliphatic carbocycles. The van der Waals surface area contributed by atoms with Gasteiger partial charge in [0.25, 0.3) is 0 Å². The number of hydrogen-bond donors (Lipinski definition) is 2. The molecule has 0 unspecified atom stereocenters. The maximum Gasteiger partial charge on any atom is 0.237 e. The third-order valence-electron chi connectivity index (χ3n) is 7.37. The van der Waals surface area contributed by atoms with E-state index in [0.29, 0.717) is 24.0 Å². The van der Waals surface area contributed by atoms with Gasteiger partial charge in [-0.25, -0.2) is 0 Å². The number of fused-ring (bicyclic) bond motifs is 1. The number of hydrogen-bond acceptors (Lipinski definition) is 5. The summed E-state index contributed by atoms with van der Waals surface area (Å²) < 4.78 is 10.9. The first-order valence-corrected chi connectivity index (χ1v) is 13.8. The lowest BCUT2D eigenvalue weighted by atomic mass is 10.0. The zero-order chi connectivity index (χ0) is 26.5. The predicted molar refractivity (Wildman–Crippen MR) is 151 cm³/mol. The number of carbonyl (C=O) groups is 1. The molecular weight excluding hydrogens is 498 g/mol. The molecule has 2 atom stereocenters. The molecule has 0 radical (unpaired) electrons. The van der Waals surface area contributed by atoms with E-state index in [4.69, 9.17) is 21.1 Å². The van der Waals surface area contributed by atoms with Gasteiger partial charge in [-0.3, -0.25) is 9.69 Å². The van der Waals surface area contributed by atoms with Gasteiger partial charge in [0.1, 0.15) is 0 Å².